The van der Waals surface area contributed by atoms with Crippen molar-refractivity contribution >= 4 is 28.5 Å². The number of halogens is 1. The van der Waals surface area contributed by atoms with Gasteiger partial charge in [-0.1, -0.05) is 17.7 Å². The second kappa shape index (κ2) is 4.63. The van der Waals surface area contributed by atoms with Gasteiger partial charge in [-0.25, -0.2) is 4.79 Å². The summed E-state index contributed by atoms with van der Waals surface area (Å²) in [6.07, 6.45) is -1.51. The van der Waals surface area contributed by atoms with Gasteiger partial charge >= 0.3 is 5.97 Å². The van der Waals surface area contributed by atoms with Crippen molar-refractivity contribution in [2.45, 2.75) is 26.5 Å². The lowest BCUT2D eigenvalue weighted by atomic mass is 10.1. The Bertz CT molecular complexity index is 618. The van der Waals surface area contributed by atoms with Gasteiger partial charge < -0.3 is 14.8 Å². The number of rotatable bonds is 3. The van der Waals surface area contributed by atoms with Crippen LogP contribution in [0.5, 0.6) is 0 Å². The van der Waals surface area contributed by atoms with E-state index in [-0.39, 0.29) is 0 Å². The third kappa shape index (κ3) is 1.87. The summed E-state index contributed by atoms with van der Waals surface area (Å²) in [6, 6.07) is 5.23. The number of aliphatic hydroxyl groups is 1. The van der Waals surface area contributed by atoms with Crippen LogP contribution in [0.2, 0.25) is 5.02 Å². The zero-order valence-electron chi connectivity index (χ0n) is 10.1. The van der Waals surface area contributed by atoms with Gasteiger partial charge in [-0.2, -0.15) is 0 Å². The Morgan fingerprint density at radius 2 is 2.17 bits per heavy atom. The first kappa shape index (κ1) is 12.9. The van der Waals surface area contributed by atoms with E-state index in [1.807, 2.05) is 11.5 Å². The van der Waals surface area contributed by atoms with Gasteiger partial charge in [0.1, 0.15) is 0 Å². The molecule has 0 saturated carbocycles. The zero-order chi connectivity index (χ0) is 13.4. The maximum atomic E-state index is 11.0. The molecule has 2 N–H and O–H groups in total. The van der Waals surface area contributed by atoms with Crippen molar-refractivity contribution < 1.29 is 15.0 Å². The van der Waals surface area contributed by atoms with Gasteiger partial charge in [0.05, 0.1) is 5.52 Å². The molecule has 1 atom stereocenters. The molecule has 0 aliphatic carbocycles. The third-order valence-electron chi connectivity index (χ3n) is 3.16. The lowest BCUT2D eigenvalue weighted by Gasteiger charge is -2.07. The smallest absolute Gasteiger partial charge is 0.337 e. The minimum Gasteiger partial charge on any atom is -0.479 e. The van der Waals surface area contributed by atoms with E-state index >= 15 is 0 Å². The van der Waals surface area contributed by atoms with Crippen LogP contribution in [0.3, 0.4) is 0 Å². The molecule has 2 rings (SSSR count). The Labute approximate surface area is 109 Å². The van der Waals surface area contributed by atoms with Crippen LogP contribution >= 0.6 is 11.6 Å². The summed E-state index contributed by atoms with van der Waals surface area (Å²) in [4.78, 5) is 11.0. The highest BCUT2D eigenvalue weighted by molar-refractivity contribution is 6.31. The largest absolute Gasteiger partial charge is 0.479 e. The first-order valence-corrected chi connectivity index (χ1v) is 6.04. The second-order valence-electron chi connectivity index (χ2n) is 4.15. The number of aromatic nitrogens is 1. The molecule has 0 aliphatic heterocycles. The van der Waals surface area contributed by atoms with Gasteiger partial charge in [-0.05, 0) is 26.0 Å². The normalized spacial score (nSPS) is 12.9. The molecule has 0 bridgehead atoms. The maximum Gasteiger partial charge on any atom is 0.337 e. The van der Waals surface area contributed by atoms with Gasteiger partial charge in [-0.15, -0.1) is 0 Å². The molecule has 1 heterocycles. The maximum absolute atomic E-state index is 11.0. The molecule has 0 aliphatic rings. The highest BCUT2D eigenvalue weighted by atomic mass is 35.5. The van der Waals surface area contributed by atoms with Crippen molar-refractivity contribution in [2.75, 3.05) is 0 Å². The number of aliphatic carboxylic acids is 1. The average molecular weight is 268 g/mol. The molecule has 96 valence electrons. The molecule has 1 aromatic heterocycles. The number of hydrogen-bond donors (Lipinski definition) is 2. The fourth-order valence-electron chi connectivity index (χ4n) is 2.35. The number of fused-ring (bicyclic) bond motifs is 1. The van der Waals surface area contributed by atoms with Gasteiger partial charge in [0.2, 0.25) is 0 Å². The van der Waals surface area contributed by atoms with Gasteiger partial charge in [0, 0.05) is 28.2 Å². The number of hydrogen-bond acceptors (Lipinski definition) is 2. The molecule has 18 heavy (non-hydrogen) atoms. The molecule has 0 saturated heterocycles. The summed E-state index contributed by atoms with van der Waals surface area (Å²) < 4.78 is 1.95. The SMILES string of the molecule is CCn1c(C)c(C(O)C(=O)O)c2ccc(Cl)cc21. The highest BCUT2D eigenvalue weighted by Gasteiger charge is 2.24. The van der Waals surface area contributed by atoms with Crippen molar-refractivity contribution in [2.24, 2.45) is 0 Å². The van der Waals surface area contributed by atoms with E-state index in [1.54, 1.807) is 25.1 Å². The molecule has 0 amide bonds. The Morgan fingerprint density at radius 1 is 1.50 bits per heavy atom. The van der Waals surface area contributed by atoms with Crippen LogP contribution < -0.4 is 0 Å². The molecule has 2 aromatic rings. The molecule has 0 spiro atoms. The van der Waals surface area contributed by atoms with Crippen LogP contribution in [0.4, 0.5) is 0 Å². The predicted molar refractivity (Wildman–Crippen MR) is 70.0 cm³/mol. The fourth-order valence-corrected chi connectivity index (χ4v) is 2.52. The summed E-state index contributed by atoms with van der Waals surface area (Å²) in [5.74, 6) is -1.25. The fraction of sp³-hybridized carbons (Fsp3) is 0.308. The van der Waals surface area contributed by atoms with Crippen LogP contribution in [-0.2, 0) is 11.3 Å². The second-order valence-corrected chi connectivity index (χ2v) is 4.58. The topological polar surface area (TPSA) is 62.5 Å². The summed E-state index contributed by atoms with van der Waals surface area (Å²) in [7, 11) is 0. The van der Waals surface area contributed by atoms with Crippen LogP contribution in [0, 0.1) is 6.92 Å². The summed E-state index contributed by atoms with van der Waals surface area (Å²) in [5, 5.41) is 20.1. The van der Waals surface area contributed by atoms with E-state index < -0.39 is 12.1 Å². The minimum atomic E-state index is -1.51. The van der Waals surface area contributed by atoms with Crippen molar-refractivity contribution in [1.29, 1.82) is 0 Å². The van der Waals surface area contributed by atoms with E-state index in [2.05, 4.69) is 0 Å². The predicted octanol–water partition coefficient (Wildman–Crippen LogP) is 2.74. The number of aryl methyl sites for hydroxylation is 1. The molecule has 0 radical (unpaired) electrons. The first-order valence-electron chi connectivity index (χ1n) is 5.66. The van der Waals surface area contributed by atoms with Crippen molar-refractivity contribution in [3.63, 3.8) is 0 Å². The van der Waals surface area contributed by atoms with Gasteiger partial charge in [0.25, 0.3) is 0 Å². The number of benzene rings is 1. The van der Waals surface area contributed by atoms with E-state index in [0.717, 1.165) is 16.6 Å². The Hall–Kier alpha value is -1.52. The molecule has 4 nitrogen and oxygen atoms in total. The monoisotopic (exact) mass is 267 g/mol. The first-order chi connectivity index (χ1) is 8.47. The van der Waals surface area contributed by atoms with Crippen molar-refractivity contribution in [3.8, 4) is 0 Å². The van der Waals surface area contributed by atoms with E-state index in [1.165, 1.54) is 0 Å². The van der Waals surface area contributed by atoms with E-state index in [4.69, 9.17) is 16.7 Å². The molecule has 0 fully saturated rings. The number of carboxylic acids is 1. The standard InChI is InChI=1S/C13H14ClNO3/c1-3-15-7(2)11(12(16)13(17)18)9-5-4-8(14)6-10(9)15/h4-6,12,16H,3H2,1-2H3,(H,17,18). The quantitative estimate of drug-likeness (QED) is 0.899. The van der Waals surface area contributed by atoms with Gasteiger partial charge in [-0.3, -0.25) is 0 Å². The van der Waals surface area contributed by atoms with Crippen molar-refractivity contribution in [3.05, 3.63) is 34.5 Å². The summed E-state index contributed by atoms with van der Waals surface area (Å²) >= 11 is 5.96. The van der Waals surface area contributed by atoms with Gasteiger partial charge in [0.15, 0.2) is 6.10 Å². The third-order valence-corrected chi connectivity index (χ3v) is 3.39. The highest BCUT2D eigenvalue weighted by Crippen LogP contribution is 2.32. The number of carbonyl (C=O) groups is 1. The Balaban J connectivity index is 2.81. The molecular weight excluding hydrogens is 254 g/mol. The van der Waals surface area contributed by atoms with Crippen LogP contribution in [0.25, 0.3) is 10.9 Å². The molecule has 5 heteroatoms. The molecular formula is C13H14ClNO3. The average Bonchev–Trinajstić information content (AvgIpc) is 2.59. The zero-order valence-corrected chi connectivity index (χ0v) is 10.9. The number of nitrogens with zero attached hydrogens (tertiary/aromatic N) is 1. The van der Waals surface area contributed by atoms with Crippen LogP contribution in [-0.4, -0.2) is 20.7 Å². The van der Waals surface area contributed by atoms with Crippen LogP contribution in [0.15, 0.2) is 18.2 Å². The van der Waals surface area contributed by atoms with Crippen LogP contribution in [0.1, 0.15) is 24.3 Å². The summed E-state index contributed by atoms with van der Waals surface area (Å²) in [5.41, 5.74) is 2.04. The lowest BCUT2D eigenvalue weighted by Crippen LogP contribution is -2.11. The number of carboxylic acid groups (broad SMARTS) is 1. The van der Waals surface area contributed by atoms with E-state index in [0.29, 0.717) is 17.1 Å². The summed E-state index contributed by atoms with van der Waals surface area (Å²) in [6.45, 7) is 4.46. The minimum absolute atomic E-state index is 0.441. The Kier molecular flexibility index (Phi) is 3.32. The Morgan fingerprint density at radius 3 is 2.72 bits per heavy atom. The van der Waals surface area contributed by atoms with E-state index in [9.17, 15) is 9.90 Å². The van der Waals surface area contributed by atoms with Crippen molar-refractivity contribution in [1.82, 2.24) is 4.57 Å². The lowest BCUT2D eigenvalue weighted by molar-refractivity contribution is -0.146. The number of aliphatic hydroxyl groups excluding tert-OH is 1. The molecule has 1 aromatic carbocycles. The molecule has 1 unspecified atom stereocenters.